The van der Waals surface area contributed by atoms with Crippen molar-refractivity contribution < 1.29 is 9.59 Å². The van der Waals surface area contributed by atoms with E-state index in [4.69, 9.17) is 28.2 Å². The lowest BCUT2D eigenvalue weighted by molar-refractivity contribution is -0.134. The van der Waals surface area contributed by atoms with Gasteiger partial charge in [0, 0.05) is 54.4 Å². The molecule has 2 aromatic heterocycles. The Morgan fingerprint density at radius 1 is 1.09 bits per heavy atom. The van der Waals surface area contributed by atoms with Gasteiger partial charge in [0.15, 0.2) is 0 Å². The van der Waals surface area contributed by atoms with Gasteiger partial charge < -0.3 is 20.1 Å². The predicted octanol–water partition coefficient (Wildman–Crippen LogP) is 4.24. The smallest absolute Gasteiger partial charge is 0.244 e. The number of benzene rings is 2. The van der Waals surface area contributed by atoms with Crippen LogP contribution in [0.2, 0.25) is 10.2 Å². The SMILES string of the molecule is Cc1ccc(-c2nc([C@H](CC(=O)N3CCN4CCC3CC4)NC(=O)/C=C/c3cc(Cl)ccc3-n3cnnn3)[nH]c2Cl)cc1. The Morgan fingerprint density at radius 3 is 2.63 bits per heavy atom. The zero-order valence-electron chi connectivity index (χ0n) is 23.6. The molecule has 13 heteroatoms. The van der Waals surface area contributed by atoms with Gasteiger partial charge in [0.1, 0.15) is 23.0 Å². The molecule has 5 heterocycles. The molecule has 0 saturated carbocycles. The number of aromatic amines is 1. The van der Waals surface area contributed by atoms with E-state index >= 15 is 0 Å². The van der Waals surface area contributed by atoms with Gasteiger partial charge in [-0.15, -0.1) is 5.10 Å². The second kappa shape index (κ2) is 12.7. The maximum atomic E-state index is 13.7. The standard InChI is InChI=1S/C30H31Cl2N9O2/c1-19-2-4-20(5-3-19)28-29(32)36-30(35-28)24(17-27(43)40-15-14-39-12-10-23(40)11-13-39)34-26(42)9-6-21-16-22(31)7-8-25(21)41-18-33-37-38-41/h2-9,16,18,23-24H,10-15,17H2,1H3,(H,34,42)(H,35,36)/b9-6+/t24-/m0/s1. The number of amides is 2. The van der Waals surface area contributed by atoms with Gasteiger partial charge >= 0.3 is 0 Å². The highest BCUT2D eigenvalue weighted by Crippen LogP contribution is 2.30. The molecule has 0 spiro atoms. The molecular formula is C30H31Cl2N9O2. The highest BCUT2D eigenvalue weighted by Gasteiger charge is 2.34. The zero-order valence-corrected chi connectivity index (χ0v) is 25.1. The summed E-state index contributed by atoms with van der Waals surface area (Å²) in [4.78, 5) is 39.3. The van der Waals surface area contributed by atoms with Crippen LogP contribution in [0.1, 0.15) is 42.3 Å². The zero-order chi connectivity index (χ0) is 29.9. The Bertz CT molecular complexity index is 1630. The van der Waals surface area contributed by atoms with Crippen LogP contribution < -0.4 is 5.32 Å². The molecule has 3 aliphatic rings. The molecule has 4 aromatic rings. The van der Waals surface area contributed by atoms with E-state index in [2.05, 4.69) is 30.7 Å². The van der Waals surface area contributed by atoms with Crippen LogP contribution >= 0.6 is 23.2 Å². The van der Waals surface area contributed by atoms with Crippen LogP contribution in [0.4, 0.5) is 0 Å². The molecule has 7 rings (SSSR count). The van der Waals surface area contributed by atoms with Crippen LogP contribution in [-0.4, -0.2) is 84.0 Å². The lowest BCUT2D eigenvalue weighted by atomic mass is 10.0. The minimum absolute atomic E-state index is 0.0248. The fourth-order valence-electron chi connectivity index (χ4n) is 5.68. The Hall–Kier alpha value is -4.06. The van der Waals surface area contributed by atoms with E-state index < -0.39 is 11.9 Å². The second-order valence-electron chi connectivity index (χ2n) is 10.9. The lowest BCUT2D eigenvalue weighted by Gasteiger charge is -2.32. The van der Waals surface area contributed by atoms with Crippen molar-refractivity contribution >= 4 is 41.1 Å². The molecule has 11 nitrogen and oxygen atoms in total. The van der Waals surface area contributed by atoms with Gasteiger partial charge in [0.05, 0.1) is 18.2 Å². The van der Waals surface area contributed by atoms with Crippen LogP contribution in [0.15, 0.2) is 54.9 Å². The van der Waals surface area contributed by atoms with Crippen molar-refractivity contribution in [2.75, 3.05) is 26.2 Å². The first-order valence-corrected chi connectivity index (χ1v) is 15.0. The fourth-order valence-corrected chi connectivity index (χ4v) is 6.11. The summed E-state index contributed by atoms with van der Waals surface area (Å²) in [6, 6.07) is 12.5. The number of tetrazole rings is 1. The van der Waals surface area contributed by atoms with Crippen molar-refractivity contribution in [3.8, 4) is 16.9 Å². The van der Waals surface area contributed by atoms with Crippen LogP contribution in [0.5, 0.6) is 0 Å². The summed E-state index contributed by atoms with van der Waals surface area (Å²) in [6.45, 7) is 5.54. The summed E-state index contributed by atoms with van der Waals surface area (Å²) < 4.78 is 1.48. The van der Waals surface area contributed by atoms with Crippen LogP contribution in [-0.2, 0) is 9.59 Å². The maximum absolute atomic E-state index is 13.7. The number of rotatable bonds is 8. The number of carbonyl (C=O) groups excluding carboxylic acids is 2. The van der Waals surface area contributed by atoms with Gasteiger partial charge in [-0.25, -0.2) is 4.98 Å². The van der Waals surface area contributed by atoms with Crippen molar-refractivity contribution in [1.82, 2.24) is 45.3 Å². The molecule has 0 aliphatic carbocycles. The number of carbonyl (C=O) groups is 2. The summed E-state index contributed by atoms with van der Waals surface area (Å²) in [5.41, 5.74) is 3.80. The van der Waals surface area contributed by atoms with Crippen molar-refractivity contribution in [3.63, 3.8) is 0 Å². The molecular weight excluding hydrogens is 589 g/mol. The number of imidazole rings is 1. The van der Waals surface area contributed by atoms with Gasteiger partial charge in [0.25, 0.3) is 0 Å². The number of fused-ring (bicyclic) bond motifs is 4. The molecule has 1 atom stereocenters. The number of halogens is 2. The van der Waals surface area contributed by atoms with E-state index in [1.165, 1.54) is 17.1 Å². The molecule has 2 aromatic carbocycles. The number of piperidine rings is 1. The van der Waals surface area contributed by atoms with Crippen molar-refractivity contribution in [3.05, 3.63) is 82.0 Å². The molecule has 0 radical (unpaired) electrons. The normalized spacial score (nSPS) is 19.0. The van der Waals surface area contributed by atoms with E-state index in [-0.39, 0.29) is 18.4 Å². The molecule has 2 bridgehead atoms. The third kappa shape index (κ3) is 6.64. The molecule has 43 heavy (non-hydrogen) atoms. The number of nitrogens with one attached hydrogen (secondary N) is 2. The molecule has 3 aliphatic heterocycles. The van der Waals surface area contributed by atoms with Crippen LogP contribution in [0, 0.1) is 6.92 Å². The number of aromatic nitrogens is 6. The van der Waals surface area contributed by atoms with Gasteiger partial charge in [-0.3, -0.25) is 9.59 Å². The average Bonchev–Trinajstić information content (AvgIpc) is 3.57. The van der Waals surface area contributed by atoms with Crippen molar-refractivity contribution in [2.45, 2.75) is 38.3 Å². The van der Waals surface area contributed by atoms with Gasteiger partial charge in [-0.05, 0) is 54.5 Å². The van der Waals surface area contributed by atoms with Gasteiger partial charge in [-0.2, -0.15) is 4.68 Å². The van der Waals surface area contributed by atoms with E-state index in [1.54, 1.807) is 24.3 Å². The highest BCUT2D eigenvalue weighted by molar-refractivity contribution is 6.32. The highest BCUT2D eigenvalue weighted by atomic mass is 35.5. The Balaban J connectivity index is 1.26. The average molecular weight is 621 g/mol. The first-order valence-electron chi connectivity index (χ1n) is 14.2. The Morgan fingerprint density at radius 2 is 1.88 bits per heavy atom. The molecule has 2 N–H and O–H groups in total. The minimum atomic E-state index is -0.736. The molecule has 3 saturated heterocycles. The predicted molar refractivity (Wildman–Crippen MR) is 164 cm³/mol. The third-order valence-corrected chi connectivity index (χ3v) is 8.51. The summed E-state index contributed by atoms with van der Waals surface area (Å²) in [5, 5.41) is 15.1. The number of nitrogens with zero attached hydrogens (tertiary/aromatic N) is 7. The molecule has 2 amide bonds. The van der Waals surface area contributed by atoms with Crippen molar-refractivity contribution in [2.24, 2.45) is 0 Å². The quantitative estimate of drug-likeness (QED) is 0.283. The first kappa shape index (κ1) is 29.0. The van der Waals surface area contributed by atoms with Crippen molar-refractivity contribution in [1.29, 1.82) is 0 Å². The maximum Gasteiger partial charge on any atom is 0.244 e. The molecule has 0 unspecified atom stereocenters. The number of hydrogen-bond donors (Lipinski definition) is 2. The van der Waals surface area contributed by atoms with E-state index in [0.29, 0.717) is 39.5 Å². The van der Waals surface area contributed by atoms with E-state index in [9.17, 15) is 9.59 Å². The molecule has 3 fully saturated rings. The minimum Gasteiger partial charge on any atom is -0.342 e. The Labute approximate surface area is 258 Å². The summed E-state index contributed by atoms with van der Waals surface area (Å²) in [5.74, 6) is -0.0216. The fraction of sp³-hybridized carbons (Fsp3) is 0.333. The number of H-pyrrole nitrogens is 1. The second-order valence-corrected chi connectivity index (χ2v) is 11.7. The number of aryl methyl sites for hydroxylation is 1. The Kier molecular flexibility index (Phi) is 8.55. The largest absolute Gasteiger partial charge is 0.342 e. The lowest BCUT2D eigenvalue weighted by Crippen LogP contribution is -2.43. The topological polar surface area (TPSA) is 125 Å². The third-order valence-electron chi connectivity index (χ3n) is 8.00. The van der Waals surface area contributed by atoms with Crippen LogP contribution in [0.3, 0.4) is 0 Å². The van der Waals surface area contributed by atoms with E-state index in [0.717, 1.165) is 43.6 Å². The summed E-state index contributed by atoms with van der Waals surface area (Å²) in [7, 11) is 0. The number of hydrogen-bond acceptors (Lipinski definition) is 7. The molecule has 222 valence electrons. The summed E-state index contributed by atoms with van der Waals surface area (Å²) >= 11 is 12.8. The van der Waals surface area contributed by atoms with Gasteiger partial charge in [0.2, 0.25) is 11.8 Å². The first-order chi connectivity index (χ1) is 20.8. The monoisotopic (exact) mass is 619 g/mol. The van der Waals surface area contributed by atoms with Crippen LogP contribution in [0.25, 0.3) is 23.0 Å². The van der Waals surface area contributed by atoms with Gasteiger partial charge in [-0.1, -0.05) is 53.0 Å². The van der Waals surface area contributed by atoms with E-state index in [1.807, 2.05) is 36.1 Å². The summed E-state index contributed by atoms with van der Waals surface area (Å²) in [6.07, 6.45) is 6.44.